The highest BCUT2D eigenvalue weighted by molar-refractivity contribution is 7.80. The molecule has 1 saturated heterocycles. The number of likely N-dealkylation sites (N-methyl/N-ethyl adjacent to an activating group) is 1. The van der Waals surface area contributed by atoms with Crippen molar-refractivity contribution in [2.45, 2.75) is 32.5 Å². The molecule has 1 aliphatic heterocycles. The Morgan fingerprint density at radius 3 is 2.50 bits per heavy atom. The van der Waals surface area contributed by atoms with Crippen molar-refractivity contribution in [3.63, 3.8) is 0 Å². The van der Waals surface area contributed by atoms with E-state index < -0.39 is 0 Å². The van der Waals surface area contributed by atoms with E-state index in [-0.39, 0.29) is 5.82 Å². The number of nitrogens with zero attached hydrogens (tertiary/aromatic N) is 2. The summed E-state index contributed by atoms with van der Waals surface area (Å²) in [5.74, 6) is -0.241. The van der Waals surface area contributed by atoms with Gasteiger partial charge in [0.15, 0.2) is 0 Å². The molecule has 1 aromatic rings. The van der Waals surface area contributed by atoms with Crippen molar-refractivity contribution in [3.8, 4) is 0 Å². The minimum atomic E-state index is -0.241. The fraction of sp³-hybridized carbons (Fsp3) is 0.533. The van der Waals surface area contributed by atoms with Crippen LogP contribution in [0.2, 0.25) is 0 Å². The first kappa shape index (κ1) is 15.4. The Balaban J connectivity index is 2.18. The van der Waals surface area contributed by atoms with Crippen LogP contribution in [0.25, 0.3) is 0 Å². The van der Waals surface area contributed by atoms with Gasteiger partial charge in [0.2, 0.25) is 0 Å². The minimum Gasteiger partial charge on any atom is -0.389 e. The SMILES string of the molecule is CC1CN(Cc2cc(F)ccc2C(N)=S)CC(C)N1C. The molecule has 5 heteroatoms. The van der Waals surface area contributed by atoms with Crippen molar-refractivity contribution in [1.82, 2.24) is 9.80 Å². The van der Waals surface area contributed by atoms with Gasteiger partial charge < -0.3 is 5.73 Å². The Labute approximate surface area is 125 Å². The molecule has 3 nitrogen and oxygen atoms in total. The topological polar surface area (TPSA) is 32.5 Å². The van der Waals surface area contributed by atoms with E-state index in [1.54, 1.807) is 12.1 Å². The molecule has 2 atom stereocenters. The van der Waals surface area contributed by atoms with Gasteiger partial charge in [0.25, 0.3) is 0 Å². The van der Waals surface area contributed by atoms with Crippen LogP contribution in [0, 0.1) is 5.82 Å². The monoisotopic (exact) mass is 295 g/mol. The zero-order valence-corrected chi connectivity index (χ0v) is 13.1. The van der Waals surface area contributed by atoms with Gasteiger partial charge in [0.05, 0.1) is 0 Å². The predicted octanol–water partition coefficient (Wildman–Crippen LogP) is 1.98. The average Bonchev–Trinajstić information content (AvgIpc) is 2.35. The maximum atomic E-state index is 13.5. The number of nitrogens with two attached hydrogens (primary N) is 1. The number of halogens is 1. The van der Waals surface area contributed by atoms with Gasteiger partial charge in [-0.05, 0) is 44.7 Å². The molecule has 0 radical (unpaired) electrons. The van der Waals surface area contributed by atoms with Crippen LogP contribution in [0.1, 0.15) is 25.0 Å². The normalized spacial score (nSPS) is 24.8. The van der Waals surface area contributed by atoms with Gasteiger partial charge in [0.1, 0.15) is 10.8 Å². The molecule has 0 saturated carbocycles. The lowest BCUT2D eigenvalue weighted by Crippen LogP contribution is -2.54. The van der Waals surface area contributed by atoms with Crippen molar-refractivity contribution < 1.29 is 4.39 Å². The minimum absolute atomic E-state index is 0.241. The Bertz CT molecular complexity index is 494. The van der Waals surface area contributed by atoms with Crippen molar-refractivity contribution >= 4 is 17.2 Å². The molecule has 0 bridgehead atoms. The highest BCUT2D eigenvalue weighted by Crippen LogP contribution is 2.19. The summed E-state index contributed by atoms with van der Waals surface area (Å²) >= 11 is 5.05. The number of thiocarbonyl (C=S) groups is 1. The van der Waals surface area contributed by atoms with Gasteiger partial charge in [-0.1, -0.05) is 12.2 Å². The van der Waals surface area contributed by atoms with E-state index in [4.69, 9.17) is 18.0 Å². The van der Waals surface area contributed by atoms with Crippen molar-refractivity contribution in [1.29, 1.82) is 0 Å². The first-order valence-corrected chi connectivity index (χ1v) is 7.32. The Hall–Kier alpha value is -1.04. The quantitative estimate of drug-likeness (QED) is 0.864. The molecule has 1 heterocycles. The van der Waals surface area contributed by atoms with E-state index in [1.165, 1.54) is 6.07 Å². The van der Waals surface area contributed by atoms with Crippen LogP contribution in [0.4, 0.5) is 4.39 Å². The van der Waals surface area contributed by atoms with E-state index in [9.17, 15) is 4.39 Å². The van der Waals surface area contributed by atoms with Gasteiger partial charge in [-0.2, -0.15) is 0 Å². The summed E-state index contributed by atoms with van der Waals surface area (Å²) in [5.41, 5.74) is 7.38. The molecular weight excluding hydrogens is 273 g/mol. The summed E-state index contributed by atoms with van der Waals surface area (Å²) in [6.45, 7) is 7.04. The lowest BCUT2D eigenvalue weighted by Gasteiger charge is -2.42. The Morgan fingerprint density at radius 2 is 1.95 bits per heavy atom. The highest BCUT2D eigenvalue weighted by Gasteiger charge is 2.26. The van der Waals surface area contributed by atoms with Crippen molar-refractivity contribution in [2.24, 2.45) is 5.73 Å². The van der Waals surface area contributed by atoms with Crippen molar-refractivity contribution in [2.75, 3.05) is 20.1 Å². The van der Waals surface area contributed by atoms with Gasteiger partial charge >= 0.3 is 0 Å². The second-order valence-electron chi connectivity index (χ2n) is 5.72. The van der Waals surface area contributed by atoms with Crippen LogP contribution in [0.5, 0.6) is 0 Å². The molecule has 2 N–H and O–H groups in total. The molecule has 1 fully saturated rings. The third-order valence-electron chi connectivity index (χ3n) is 4.16. The summed E-state index contributed by atoms with van der Waals surface area (Å²) in [4.78, 5) is 5.04. The zero-order chi connectivity index (χ0) is 14.9. The molecule has 1 aromatic carbocycles. The summed E-state index contributed by atoms with van der Waals surface area (Å²) in [6.07, 6.45) is 0. The molecule has 110 valence electrons. The maximum Gasteiger partial charge on any atom is 0.123 e. The summed E-state index contributed by atoms with van der Waals surface area (Å²) < 4.78 is 13.5. The second kappa shape index (κ2) is 6.16. The average molecular weight is 295 g/mol. The molecular formula is C15H22FN3S. The third-order valence-corrected chi connectivity index (χ3v) is 4.38. The first-order valence-electron chi connectivity index (χ1n) is 6.91. The fourth-order valence-electron chi connectivity index (χ4n) is 2.82. The molecule has 0 amide bonds. The highest BCUT2D eigenvalue weighted by atomic mass is 32.1. The van der Waals surface area contributed by atoms with Gasteiger partial charge in [-0.25, -0.2) is 4.39 Å². The molecule has 0 aliphatic carbocycles. The van der Waals surface area contributed by atoms with E-state index in [2.05, 4.69) is 30.7 Å². The standard InChI is InChI=1S/C15H22FN3S/c1-10-7-19(8-11(2)18(10)3)9-12-6-13(16)4-5-14(12)15(17)20/h4-6,10-11H,7-9H2,1-3H3,(H2,17,20). The van der Waals surface area contributed by atoms with Crippen LogP contribution in [-0.4, -0.2) is 47.0 Å². The number of hydrogen-bond acceptors (Lipinski definition) is 3. The van der Waals surface area contributed by atoms with E-state index in [0.29, 0.717) is 23.6 Å². The molecule has 20 heavy (non-hydrogen) atoms. The van der Waals surface area contributed by atoms with E-state index >= 15 is 0 Å². The van der Waals surface area contributed by atoms with E-state index in [1.807, 2.05) is 0 Å². The lowest BCUT2D eigenvalue weighted by molar-refractivity contribution is 0.0555. The first-order chi connectivity index (χ1) is 9.38. The van der Waals surface area contributed by atoms with Crippen LogP contribution in [-0.2, 0) is 6.54 Å². The van der Waals surface area contributed by atoms with Crippen LogP contribution >= 0.6 is 12.2 Å². The third kappa shape index (κ3) is 3.34. The number of hydrogen-bond donors (Lipinski definition) is 1. The maximum absolute atomic E-state index is 13.5. The summed E-state index contributed by atoms with van der Waals surface area (Å²) in [7, 11) is 2.15. The van der Waals surface area contributed by atoms with Crippen molar-refractivity contribution in [3.05, 3.63) is 35.1 Å². The largest absolute Gasteiger partial charge is 0.389 e. The number of piperazine rings is 1. The molecule has 0 spiro atoms. The molecule has 2 rings (SSSR count). The zero-order valence-electron chi connectivity index (χ0n) is 12.3. The molecule has 2 unspecified atom stereocenters. The van der Waals surface area contributed by atoms with Gasteiger partial charge in [-0.3, -0.25) is 9.80 Å². The fourth-order valence-corrected chi connectivity index (χ4v) is 3.02. The van der Waals surface area contributed by atoms with Crippen LogP contribution in [0.15, 0.2) is 18.2 Å². The Morgan fingerprint density at radius 1 is 1.35 bits per heavy atom. The van der Waals surface area contributed by atoms with Crippen LogP contribution in [0.3, 0.4) is 0 Å². The Kier molecular flexibility index (Phi) is 4.73. The molecule has 1 aliphatic rings. The van der Waals surface area contributed by atoms with Gasteiger partial charge in [-0.15, -0.1) is 0 Å². The number of rotatable bonds is 3. The second-order valence-corrected chi connectivity index (χ2v) is 6.16. The summed E-state index contributed by atoms with van der Waals surface area (Å²) in [6, 6.07) is 5.60. The number of benzene rings is 1. The van der Waals surface area contributed by atoms with Gasteiger partial charge in [0, 0.05) is 37.3 Å². The van der Waals surface area contributed by atoms with E-state index in [0.717, 1.165) is 24.2 Å². The lowest BCUT2D eigenvalue weighted by atomic mass is 10.0. The predicted molar refractivity (Wildman–Crippen MR) is 84.3 cm³/mol. The summed E-state index contributed by atoms with van der Waals surface area (Å²) in [5, 5.41) is 0. The van der Waals surface area contributed by atoms with Crippen LogP contribution < -0.4 is 5.73 Å². The smallest absolute Gasteiger partial charge is 0.123 e. The molecule has 0 aromatic heterocycles.